The molecule has 1 aromatic heterocycles. The minimum absolute atomic E-state index is 0.0787. The molecule has 2 N–H and O–H groups in total. The molecule has 0 aliphatic carbocycles. The first-order chi connectivity index (χ1) is 12.0. The summed E-state index contributed by atoms with van der Waals surface area (Å²) in [6, 6.07) is 9.29. The van der Waals surface area contributed by atoms with Crippen molar-refractivity contribution in [2.24, 2.45) is 5.73 Å². The molecule has 1 atom stereocenters. The number of carbonyl (C=O) groups is 2. The zero-order valence-corrected chi connectivity index (χ0v) is 13.7. The molecule has 1 fully saturated rings. The molecule has 25 heavy (non-hydrogen) atoms. The Labute approximate surface area is 144 Å². The predicted molar refractivity (Wildman–Crippen MR) is 90.2 cm³/mol. The average molecular weight is 335 g/mol. The van der Waals surface area contributed by atoms with Crippen molar-refractivity contribution < 1.29 is 14.3 Å². The van der Waals surface area contributed by atoms with Crippen LogP contribution in [0.2, 0.25) is 0 Å². The lowest BCUT2D eigenvalue weighted by molar-refractivity contribution is -0.146. The highest BCUT2D eigenvalue weighted by Crippen LogP contribution is 2.43. The number of nitrogens with two attached hydrogens (primary N) is 1. The number of hydrogen-bond donors (Lipinski definition) is 1. The molecule has 3 heterocycles. The van der Waals surface area contributed by atoms with Crippen LogP contribution in [0, 0.1) is 6.92 Å². The lowest BCUT2D eigenvalue weighted by Gasteiger charge is -2.36. The molecule has 4 rings (SSSR count). The standard InChI is InChI=1S/C19H17N3O3/c1-11-4-5-15-13(7-11)14-8-16(23)22(10-12-3-2-6-21-9-12)19(24)17(14)18(20)25-15/h2-7,9,14H,8,10,20H2,1H3. The van der Waals surface area contributed by atoms with E-state index in [-0.39, 0.29) is 30.7 Å². The maximum absolute atomic E-state index is 12.9. The van der Waals surface area contributed by atoms with E-state index in [1.54, 1.807) is 18.5 Å². The molecule has 1 aromatic carbocycles. The van der Waals surface area contributed by atoms with E-state index in [2.05, 4.69) is 4.98 Å². The second-order valence-corrected chi connectivity index (χ2v) is 6.32. The number of nitrogens with zero attached hydrogens (tertiary/aromatic N) is 2. The summed E-state index contributed by atoms with van der Waals surface area (Å²) in [5.41, 5.74) is 9.05. The van der Waals surface area contributed by atoms with Gasteiger partial charge in [0.2, 0.25) is 5.91 Å². The average Bonchev–Trinajstić information content (AvgIpc) is 2.60. The minimum Gasteiger partial charge on any atom is -0.441 e. The van der Waals surface area contributed by atoms with E-state index < -0.39 is 5.91 Å². The summed E-state index contributed by atoms with van der Waals surface area (Å²) in [5.74, 6) is -0.276. The molecule has 1 saturated heterocycles. The van der Waals surface area contributed by atoms with Gasteiger partial charge in [-0.15, -0.1) is 0 Å². The molecule has 6 heteroatoms. The number of likely N-dealkylation sites (tertiary alicyclic amines) is 1. The number of carbonyl (C=O) groups excluding carboxylic acids is 2. The SMILES string of the molecule is Cc1ccc2c(c1)C1CC(=O)N(Cc3cccnc3)C(=O)C1=C(N)O2. The van der Waals surface area contributed by atoms with Crippen molar-refractivity contribution in [2.75, 3.05) is 0 Å². The van der Waals surface area contributed by atoms with Gasteiger partial charge in [0.15, 0.2) is 5.88 Å². The Morgan fingerprint density at radius 2 is 2.16 bits per heavy atom. The highest BCUT2D eigenvalue weighted by Gasteiger charge is 2.43. The highest BCUT2D eigenvalue weighted by atomic mass is 16.5. The van der Waals surface area contributed by atoms with Crippen LogP contribution in [-0.4, -0.2) is 21.7 Å². The van der Waals surface area contributed by atoms with Crippen LogP contribution in [0.5, 0.6) is 5.75 Å². The van der Waals surface area contributed by atoms with Gasteiger partial charge >= 0.3 is 0 Å². The minimum atomic E-state index is -0.394. The molecule has 0 radical (unpaired) electrons. The van der Waals surface area contributed by atoms with E-state index in [1.165, 1.54) is 4.90 Å². The summed E-state index contributed by atoms with van der Waals surface area (Å²) in [7, 11) is 0. The van der Waals surface area contributed by atoms with Crippen LogP contribution in [0.15, 0.2) is 54.2 Å². The number of rotatable bonds is 2. The van der Waals surface area contributed by atoms with Gasteiger partial charge in [-0.2, -0.15) is 0 Å². The summed E-state index contributed by atoms with van der Waals surface area (Å²) in [6.45, 7) is 2.14. The lowest BCUT2D eigenvalue weighted by atomic mass is 9.82. The van der Waals surface area contributed by atoms with Crippen molar-refractivity contribution in [2.45, 2.75) is 25.8 Å². The van der Waals surface area contributed by atoms with Gasteiger partial charge in [-0.1, -0.05) is 23.8 Å². The summed E-state index contributed by atoms with van der Waals surface area (Å²) in [6.07, 6.45) is 3.48. The molecule has 126 valence electrons. The van der Waals surface area contributed by atoms with Gasteiger partial charge in [0.1, 0.15) is 5.75 Å². The van der Waals surface area contributed by atoms with Gasteiger partial charge in [0.05, 0.1) is 12.1 Å². The topological polar surface area (TPSA) is 85.5 Å². The Morgan fingerprint density at radius 3 is 2.92 bits per heavy atom. The number of benzene rings is 1. The monoisotopic (exact) mass is 335 g/mol. The second kappa shape index (κ2) is 5.73. The van der Waals surface area contributed by atoms with Crippen LogP contribution in [0.4, 0.5) is 0 Å². The van der Waals surface area contributed by atoms with Gasteiger partial charge in [0.25, 0.3) is 5.91 Å². The first kappa shape index (κ1) is 15.4. The number of imide groups is 1. The zero-order chi connectivity index (χ0) is 17.6. The normalized spacial score (nSPS) is 19.4. The van der Waals surface area contributed by atoms with Gasteiger partial charge in [-0.05, 0) is 24.6 Å². The number of aryl methyl sites for hydroxylation is 1. The molecule has 2 aromatic rings. The number of fused-ring (bicyclic) bond motifs is 3. The summed E-state index contributed by atoms with van der Waals surface area (Å²) in [5, 5.41) is 0. The number of piperidine rings is 1. The number of pyridine rings is 1. The second-order valence-electron chi connectivity index (χ2n) is 6.32. The van der Waals surface area contributed by atoms with Crippen LogP contribution in [0.3, 0.4) is 0 Å². The Hall–Kier alpha value is -3.15. The van der Waals surface area contributed by atoms with Crippen molar-refractivity contribution in [1.29, 1.82) is 0 Å². The maximum Gasteiger partial charge on any atom is 0.262 e. The summed E-state index contributed by atoms with van der Waals surface area (Å²) >= 11 is 0. The van der Waals surface area contributed by atoms with E-state index in [4.69, 9.17) is 10.5 Å². The lowest BCUT2D eigenvalue weighted by Crippen LogP contribution is -2.46. The Balaban J connectivity index is 1.71. The van der Waals surface area contributed by atoms with E-state index >= 15 is 0 Å². The molecule has 6 nitrogen and oxygen atoms in total. The van der Waals surface area contributed by atoms with E-state index in [0.717, 1.165) is 16.7 Å². The largest absolute Gasteiger partial charge is 0.441 e. The third kappa shape index (κ3) is 2.55. The fourth-order valence-corrected chi connectivity index (χ4v) is 3.38. The van der Waals surface area contributed by atoms with Crippen LogP contribution >= 0.6 is 0 Å². The molecular weight excluding hydrogens is 318 g/mol. The first-order valence-electron chi connectivity index (χ1n) is 8.06. The fraction of sp³-hybridized carbons (Fsp3) is 0.211. The van der Waals surface area contributed by atoms with Crippen molar-refractivity contribution in [3.63, 3.8) is 0 Å². The Morgan fingerprint density at radius 1 is 1.32 bits per heavy atom. The smallest absolute Gasteiger partial charge is 0.262 e. The Bertz CT molecular complexity index is 905. The van der Waals surface area contributed by atoms with Crippen molar-refractivity contribution in [3.8, 4) is 5.75 Å². The van der Waals surface area contributed by atoms with Crippen LogP contribution in [0.1, 0.15) is 29.0 Å². The van der Waals surface area contributed by atoms with Crippen molar-refractivity contribution in [3.05, 3.63) is 70.9 Å². The molecule has 0 bridgehead atoms. The van der Waals surface area contributed by atoms with E-state index in [1.807, 2.05) is 31.2 Å². The molecule has 1 unspecified atom stereocenters. The van der Waals surface area contributed by atoms with Crippen LogP contribution in [0.25, 0.3) is 0 Å². The molecule has 2 amide bonds. The van der Waals surface area contributed by atoms with Gasteiger partial charge in [-0.25, -0.2) is 0 Å². The quantitative estimate of drug-likeness (QED) is 0.849. The molecule has 0 spiro atoms. The van der Waals surface area contributed by atoms with Crippen molar-refractivity contribution >= 4 is 11.8 Å². The number of ether oxygens (including phenoxy) is 1. The third-order valence-corrected chi connectivity index (χ3v) is 4.59. The van der Waals surface area contributed by atoms with Gasteiger partial charge in [0, 0.05) is 30.3 Å². The van der Waals surface area contributed by atoms with Crippen molar-refractivity contribution in [1.82, 2.24) is 9.88 Å². The zero-order valence-electron chi connectivity index (χ0n) is 13.7. The molecule has 0 saturated carbocycles. The molecular formula is C19H17N3O3. The highest BCUT2D eigenvalue weighted by molar-refractivity contribution is 6.09. The van der Waals surface area contributed by atoms with Gasteiger partial charge < -0.3 is 10.5 Å². The first-order valence-corrected chi connectivity index (χ1v) is 8.06. The number of aromatic nitrogens is 1. The summed E-state index contributed by atoms with van der Waals surface area (Å²) < 4.78 is 5.65. The summed E-state index contributed by atoms with van der Waals surface area (Å²) in [4.78, 5) is 30.8. The Kier molecular flexibility index (Phi) is 3.53. The predicted octanol–water partition coefficient (Wildman–Crippen LogP) is 2.00. The maximum atomic E-state index is 12.9. The van der Waals surface area contributed by atoms with Crippen LogP contribution in [-0.2, 0) is 16.1 Å². The van der Waals surface area contributed by atoms with E-state index in [9.17, 15) is 9.59 Å². The van der Waals surface area contributed by atoms with Gasteiger partial charge in [-0.3, -0.25) is 19.5 Å². The molecule has 2 aliphatic heterocycles. The number of hydrogen-bond acceptors (Lipinski definition) is 5. The van der Waals surface area contributed by atoms with Crippen LogP contribution < -0.4 is 10.5 Å². The number of amides is 2. The van der Waals surface area contributed by atoms with E-state index in [0.29, 0.717) is 11.3 Å². The third-order valence-electron chi connectivity index (χ3n) is 4.59. The molecule has 2 aliphatic rings. The fourth-order valence-electron chi connectivity index (χ4n) is 3.38.